The van der Waals surface area contributed by atoms with Gasteiger partial charge in [0.1, 0.15) is 11.3 Å². The van der Waals surface area contributed by atoms with E-state index in [1.54, 1.807) is 19.1 Å². The van der Waals surface area contributed by atoms with Crippen molar-refractivity contribution in [3.63, 3.8) is 0 Å². The fraction of sp³-hybridized carbons (Fsp3) is 0.238. The van der Waals surface area contributed by atoms with E-state index in [0.29, 0.717) is 28.7 Å². The molecule has 2 heterocycles. The van der Waals surface area contributed by atoms with Gasteiger partial charge in [-0.1, -0.05) is 42.5 Å². The fourth-order valence-electron chi connectivity index (χ4n) is 3.46. The summed E-state index contributed by atoms with van der Waals surface area (Å²) < 4.78 is 16.6. The summed E-state index contributed by atoms with van der Waals surface area (Å²) in [6.07, 6.45) is -0.376. The molecular formula is C21H18O5. The SMILES string of the molecule is CCOC(=O)[C@@H]1Oc2c(c(=O)oc3ccccc23)[C@@H]1Cc1ccccc1. The van der Waals surface area contributed by atoms with Gasteiger partial charge in [-0.2, -0.15) is 0 Å². The van der Waals surface area contributed by atoms with Crippen LogP contribution in [0.2, 0.25) is 0 Å². The molecule has 132 valence electrons. The van der Waals surface area contributed by atoms with Gasteiger partial charge in [-0.25, -0.2) is 9.59 Å². The van der Waals surface area contributed by atoms with Crippen molar-refractivity contribution in [2.24, 2.45) is 0 Å². The van der Waals surface area contributed by atoms with Gasteiger partial charge in [0.05, 0.1) is 17.6 Å². The van der Waals surface area contributed by atoms with Crippen molar-refractivity contribution in [1.82, 2.24) is 0 Å². The van der Waals surface area contributed by atoms with Crippen LogP contribution in [-0.2, 0) is 16.0 Å². The third kappa shape index (κ3) is 2.75. The third-order valence-corrected chi connectivity index (χ3v) is 4.60. The Morgan fingerprint density at radius 1 is 1.08 bits per heavy atom. The van der Waals surface area contributed by atoms with E-state index in [2.05, 4.69) is 0 Å². The van der Waals surface area contributed by atoms with Crippen LogP contribution in [-0.4, -0.2) is 18.7 Å². The van der Waals surface area contributed by atoms with Crippen LogP contribution in [0.1, 0.15) is 24.0 Å². The van der Waals surface area contributed by atoms with Crippen LogP contribution in [0.15, 0.2) is 63.8 Å². The predicted octanol–water partition coefficient (Wildman–Crippen LogP) is 3.44. The topological polar surface area (TPSA) is 65.7 Å². The van der Waals surface area contributed by atoms with E-state index in [-0.39, 0.29) is 6.61 Å². The number of para-hydroxylation sites is 1. The second kappa shape index (κ2) is 6.67. The molecule has 0 radical (unpaired) electrons. The first-order chi connectivity index (χ1) is 12.7. The van der Waals surface area contributed by atoms with Crippen LogP contribution in [0.4, 0.5) is 0 Å². The van der Waals surface area contributed by atoms with Crippen LogP contribution < -0.4 is 10.4 Å². The van der Waals surface area contributed by atoms with E-state index < -0.39 is 23.6 Å². The van der Waals surface area contributed by atoms with E-state index in [0.717, 1.165) is 5.56 Å². The number of rotatable bonds is 4. The third-order valence-electron chi connectivity index (χ3n) is 4.60. The lowest BCUT2D eigenvalue weighted by Crippen LogP contribution is -2.33. The molecule has 0 bridgehead atoms. The largest absolute Gasteiger partial charge is 0.477 e. The number of ether oxygens (including phenoxy) is 2. The first-order valence-electron chi connectivity index (χ1n) is 8.62. The molecule has 1 aromatic heterocycles. The first kappa shape index (κ1) is 16.4. The molecule has 1 aliphatic heterocycles. The summed E-state index contributed by atoms with van der Waals surface area (Å²) in [5.41, 5.74) is 1.40. The number of carbonyl (C=O) groups excluding carboxylic acids is 1. The van der Waals surface area contributed by atoms with Crippen LogP contribution in [0.5, 0.6) is 5.75 Å². The molecule has 26 heavy (non-hydrogen) atoms. The standard InChI is InChI=1S/C21H18O5/c1-2-24-21(23)19-15(12-13-8-4-3-5-9-13)17-18(26-19)14-10-6-7-11-16(14)25-20(17)22/h3-11,15,19H,2,12H2,1H3/t15-,19+/m0/s1. The number of hydrogen-bond acceptors (Lipinski definition) is 5. The Kier molecular flexibility index (Phi) is 4.21. The van der Waals surface area contributed by atoms with E-state index in [9.17, 15) is 9.59 Å². The normalized spacial score (nSPS) is 18.3. The molecule has 0 aliphatic carbocycles. The zero-order valence-electron chi connectivity index (χ0n) is 14.3. The maximum absolute atomic E-state index is 12.7. The van der Waals surface area contributed by atoms with Gasteiger partial charge in [-0.15, -0.1) is 0 Å². The summed E-state index contributed by atoms with van der Waals surface area (Å²) in [6, 6.07) is 16.9. The summed E-state index contributed by atoms with van der Waals surface area (Å²) >= 11 is 0. The van der Waals surface area contributed by atoms with Gasteiger partial charge in [-0.3, -0.25) is 0 Å². The van der Waals surface area contributed by atoms with Crippen LogP contribution in [0.25, 0.3) is 11.0 Å². The molecule has 2 aromatic carbocycles. The highest BCUT2D eigenvalue weighted by Crippen LogP contribution is 2.42. The minimum atomic E-state index is -0.862. The van der Waals surface area contributed by atoms with E-state index in [4.69, 9.17) is 13.9 Å². The van der Waals surface area contributed by atoms with Crippen molar-refractivity contribution >= 4 is 16.9 Å². The minimum Gasteiger partial charge on any atom is -0.477 e. The van der Waals surface area contributed by atoms with Crippen molar-refractivity contribution < 1.29 is 18.7 Å². The summed E-state index contributed by atoms with van der Waals surface area (Å²) in [5, 5.41) is 0.687. The number of fused-ring (bicyclic) bond motifs is 3. The van der Waals surface area contributed by atoms with Crippen molar-refractivity contribution in [2.75, 3.05) is 6.61 Å². The molecule has 0 unspecified atom stereocenters. The second-order valence-corrected chi connectivity index (χ2v) is 6.22. The van der Waals surface area contributed by atoms with E-state index in [1.807, 2.05) is 42.5 Å². The first-order valence-corrected chi connectivity index (χ1v) is 8.62. The number of carbonyl (C=O) groups is 1. The summed E-state index contributed by atoms with van der Waals surface area (Å²) in [5.74, 6) is -0.490. The zero-order valence-corrected chi connectivity index (χ0v) is 14.3. The monoisotopic (exact) mass is 350 g/mol. The maximum Gasteiger partial charge on any atom is 0.347 e. The van der Waals surface area contributed by atoms with Crippen LogP contribution in [0, 0.1) is 0 Å². The molecule has 5 heteroatoms. The quantitative estimate of drug-likeness (QED) is 0.533. The Morgan fingerprint density at radius 3 is 2.58 bits per heavy atom. The average Bonchev–Trinajstić information content (AvgIpc) is 3.03. The molecule has 0 N–H and O–H groups in total. The minimum absolute atomic E-state index is 0.252. The molecule has 0 amide bonds. The lowest BCUT2D eigenvalue weighted by Gasteiger charge is -2.17. The highest BCUT2D eigenvalue weighted by atomic mass is 16.6. The van der Waals surface area contributed by atoms with Gasteiger partial charge < -0.3 is 13.9 Å². The summed E-state index contributed by atoms with van der Waals surface area (Å²) in [4.78, 5) is 25.1. The molecule has 3 aromatic rings. The Bertz CT molecular complexity index is 1010. The van der Waals surface area contributed by atoms with Gasteiger partial charge in [0, 0.05) is 5.92 Å². The van der Waals surface area contributed by atoms with Gasteiger partial charge in [0.2, 0.25) is 6.10 Å². The zero-order chi connectivity index (χ0) is 18.1. The van der Waals surface area contributed by atoms with Gasteiger partial charge >= 0.3 is 11.6 Å². The molecule has 5 nitrogen and oxygen atoms in total. The van der Waals surface area contributed by atoms with E-state index in [1.165, 1.54) is 0 Å². The maximum atomic E-state index is 12.7. The Labute approximate surface area is 150 Å². The average molecular weight is 350 g/mol. The predicted molar refractivity (Wildman–Crippen MR) is 96.4 cm³/mol. The molecule has 2 atom stereocenters. The summed E-state index contributed by atoms with van der Waals surface area (Å²) in [7, 11) is 0. The number of esters is 1. The molecule has 0 saturated heterocycles. The Balaban J connectivity index is 1.85. The highest BCUT2D eigenvalue weighted by molar-refractivity contribution is 5.88. The van der Waals surface area contributed by atoms with Crippen molar-refractivity contribution in [3.8, 4) is 5.75 Å². The number of benzene rings is 2. The van der Waals surface area contributed by atoms with Crippen molar-refractivity contribution in [1.29, 1.82) is 0 Å². The lowest BCUT2D eigenvalue weighted by atomic mass is 9.89. The van der Waals surface area contributed by atoms with Gasteiger partial charge in [0.15, 0.2) is 0 Å². The van der Waals surface area contributed by atoms with Crippen LogP contribution >= 0.6 is 0 Å². The molecular weight excluding hydrogens is 332 g/mol. The Hall–Kier alpha value is -3.08. The van der Waals surface area contributed by atoms with Gasteiger partial charge in [0.25, 0.3) is 0 Å². The fourth-order valence-corrected chi connectivity index (χ4v) is 3.46. The van der Waals surface area contributed by atoms with Gasteiger partial charge in [-0.05, 0) is 31.0 Å². The van der Waals surface area contributed by atoms with Crippen molar-refractivity contribution in [2.45, 2.75) is 25.4 Å². The van der Waals surface area contributed by atoms with E-state index >= 15 is 0 Å². The summed E-state index contributed by atoms with van der Waals surface area (Å²) in [6.45, 7) is 2.00. The highest BCUT2D eigenvalue weighted by Gasteiger charge is 2.44. The van der Waals surface area contributed by atoms with Crippen LogP contribution in [0.3, 0.4) is 0 Å². The Morgan fingerprint density at radius 2 is 1.81 bits per heavy atom. The molecule has 0 spiro atoms. The molecule has 4 rings (SSSR count). The number of hydrogen-bond donors (Lipinski definition) is 0. The molecule has 1 aliphatic rings. The lowest BCUT2D eigenvalue weighted by molar-refractivity contribution is -0.151. The van der Waals surface area contributed by atoms with Crippen molar-refractivity contribution in [3.05, 3.63) is 76.1 Å². The molecule has 0 fully saturated rings. The molecule has 0 saturated carbocycles. The smallest absolute Gasteiger partial charge is 0.347 e. The second-order valence-electron chi connectivity index (χ2n) is 6.22.